The summed E-state index contributed by atoms with van der Waals surface area (Å²) in [5.41, 5.74) is 2.66. The molecule has 3 aromatic heterocycles. The predicted octanol–water partition coefficient (Wildman–Crippen LogP) is 2.11. The third-order valence-electron chi connectivity index (χ3n) is 3.93. The number of benzene rings is 1. The van der Waals surface area contributed by atoms with Gasteiger partial charge in [-0.05, 0) is 35.9 Å². The Labute approximate surface area is 136 Å². The van der Waals surface area contributed by atoms with Crippen molar-refractivity contribution >= 4 is 22.5 Å². The molecule has 118 valence electrons. The van der Waals surface area contributed by atoms with Crippen LogP contribution in [0.25, 0.3) is 16.6 Å². The van der Waals surface area contributed by atoms with Gasteiger partial charge in [-0.15, -0.1) is 0 Å². The van der Waals surface area contributed by atoms with E-state index in [0.717, 1.165) is 11.1 Å². The van der Waals surface area contributed by atoms with Crippen LogP contribution in [0.1, 0.15) is 15.9 Å². The number of rotatable bonds is 3. The monoisotopic (exact) mass is 318 g/mol. The van der Waals surface area contributed by atoms with Gasteiger partial charge in [-0.3, -0.25) is 14.6 Å². The maximum Gasteiger partial charge on any atom is 0.258 e. The second-order valence-corrected chi connectivity index (χ2v) is 5.49. The second-order valence-electron chi connectivity index (χ2n) is 5.49. The number of aromatic amines is 1. The number of para-hydroxylation sites is 1. The van der Waals surface area contributed by atoms with Crippen molar-refractivity contribution in [2.45, 2.75) is 6.54 Å². The lowest BCUT2D eigenvalue weighted by Crippen LogP contribution is -2.22. The molecule has 0 bridgehead atoms. The highest BCUT2D eigenvalue weighted by molar-refractivity contribution is 5.96. The van der Waals surface area contributed by atoms with E-state index < -0.39 is 0 Å². The Balaban J connectivity index is 1.69. The van der Waals surface area contributed by atoms with Crippen LogP contribution in [0.4, 0.5) is 0 Å². The summed E-state index contributed by atoms with van der Waals surface area (Å²) < 4.78 is 1.82. The molecule has 1 aromatic carbocycles. The van der Waals surface area contributed by atoms with Crippen LogP contribution in [-0.2, 0) is 6.54 Å². The highest BCUT2D eigenvalue weighted by Crippen LogP contribution is 2.15. The summed E-state index contributed by atoms with van der Waals surface area (Å²) in [6.45, 7) is 0.421. The summed E-state index contributed by atoms with van der Waals surface area (Å²) in [5.74, 6) is -0.194. The number of carbonyl (C=O) groups excluding carboxylic acids is 1. The van der Waals surface area contributed by atoms with Gasteiger partial charge in [0, 0.05) is 25.1 Å². The minimum absolute atomic E-state index is 0.167. The molecule has 0 spiro atoms. The van der Waals surface area contributed by atoms with E-state index in [2.05, 4.69) is 15.3 Å². The fraction of sp³-hybridized carbons (Fsp3) is 0.0556. The SMILES string of the molecule is O=C(NCc1ccncc1)c1cc2[nH]c(=O)c3ccccc3n2c1. The molecule has 1 amide bonds. The van der Waals surface area contributed by atoms with Gasteiger partial charge in [0.05, 0.1) is 16.5 Å². The van der Waals surface area contributed by atoms with Crippen molar-refractivity contribution in [1.82, 2.24) is 19.7 Å². The zero-order valence-electron chi connectivity index (χ0n) is 12.7. The van der Waals surface area contributed by atoms with E-state index in [9.17, 15) is 9.59 Å². The molecule has 2 N–H and O–H groups in total. The Morgan fingerprint density at radius 1 is 1.17 bits per heavy atom. The summed E-state index contributed by atoms with van der Waals surface area (Å²) in [5, 5.41) is 3.45. The zero-order valence-corrected chi connectivity index (χ0v) is 12.7. The van der Waals surface area contributed by atoms with Gasteiger partial charge in [0.1, 0.15) is 5.65 Å². The van der Waals surface area contributed by atoms with Crippen molar-refractivity contribution in [2.75, 3.05) is 0 Å². The minimum atomic E-state index is -0.194. The fourth-order valence-corrected chi connectivity index (χ4v) is 2.73. The first-order valence-corrected chi connectivity index (χ1v) is 7.52. The van der Waals surface area contributed by atoms with E-state index >= 15 is 0 Å². The highest BCUT2D eigenvalue weighted by Gasteiger charge is 2.11. The number of pyridine rings is 1. The molecule has 0 fully saturated rings. The normalized spacial score (nSPS) is 11.0. The molecule has 3 heterocycles. The molecular weight excluding hydrogens is 304 g/mol. The number of amides is 1. The Hall–Kier alpha value is -3.41. The standard InChI is InChI=1S/C18H14N4O2/c23-17(20-10-12-5-7-19-8-6-12)13-9-16-21-18(24)14-3-1-2-4-15(14)22(16)11-13/h1-9,11H,10H2,(H,20,23)(H,21,24). The van der Waals surface area contributed by atoms with Gasteiger partial charge in [0.25, 0.3) is 11.5 Å². The lowest BCUT2D eigenvalue weighted by Gasteiger charge is -2.03. The largest absolute Gasteiger partial charge is 0.348 e. The third-order valence-corrected chi connectivity index (χ3v) is 3.93. The second kappa shape index (κ2) is 5.66. The molecule has 0 radical (unpaired) electrons. The van der Waals surface area contributed by atoms with Crippen LogP contribution in [0.2, 0.25) is 0 Å². The van der Waals surface area contributed by atoms with Gasteiger partial charge in [0.2, 0.25) is 0 Å². The Bertz CT molecular complexity index is 1100. The summed E-state index contributed by atoms with van der Waals surface area (Å²) in [7, 11) is 0. The quantitative estimate of drug-likeness (QED) is 0.607. The van der Waals surface area contributed by atoms with Gasteiger partial charge in [-0.2, -0.15) is 0 Å². The van der Waals surface area contributed by atoms with Gasteiger partial charge in [-0.1, -0.05) is 12.1 Å². The lowest BCUT2D eigenvalue weighted by atomic mass is 10.2. The number of hydrogen-bond donors (Lipinski definition) is 2. The summed E-state index contributed by atoms with van der Waals surface area (Å²) >= 11 is 0. The molecule has 0 saturated carbocycles. The zero-order chi connectivity index (χ0) is 16.5. The topological polar surface area (TPSA) is 79.3 Å². The lowest BCUT2D eigenvalue weighted by molar-refractivity contribution is 0.0951. The highest BCUT2D eigenvalue weighted by atomic mass is 16.1. The van der Waals surface area contributed by atoms with Gasteiger partial charge in [0.15, 0.2) is 0 Å². The van der Waals surface area contributed by atoms with Gasteiger partial charge >= 0.3 is 0 Å². The average Bonchev–Trinajstić information content (AvgIpc) is 3.05. The van der Waals surface area contributed by atoms with Crippen LogP contribution >= 0.6 is 0 Å². The minimum Gasteiger partial charge on any atom is -0.348 e. The first kappa shape index (κ1) is 14.2. The Morgan fingerprint density at radius 3 is 2.79 bits per heavy atom. The van der Waals surface area contributed by atoms with E-state index in [-0.39, 0.29) is 11.5 Å². The Morgan fingerprint density at radius 2 is 1.96 bits per heavy atom. The average molecular weight is 318 g/mol. The number of fused-ring (bicyclic) bond motifs is 3. The molecule has 0 aliphatic rings. The molecule has 24 heavy (non-hydrogen) atoms. The molecule has 0 saturated heterocycles. The number of nitrogens with one attached hydrogen (secondary N) is 2. The summed E-state index contributed by atoms with van der Waals surface area (Å²) in [6, 6.07) is 12.7. The van der Waals surface area contributed by atoms with Crippen LogP contribution in [0.5, 0.6) is 0 Å². The number of carbonyl (C=O) groups is 1. The van der Waals surface area contributed by atoms with E-state index in [1.165, 1.54) is 0 Å². The third kappa shape index (κ3) is 2.44. The van der Waals surface area contributed by atoms with E-state index in [4.69, 9.17) is 0 Å². The van der Waals surface area contributed by atoms with Crippen molar-refractivity contribution in [3.63, 3.8) is 0 Å². The van der Waals surface area contributed by atoms with Gasteiger partial charge < -0.3 is 14.7 Å². The van der Waals surface area contributed by atoms with Crippen molar-refractivity contribution < 1.29 is 4.79 Å². The van der Waals surface area contributed by atoms with Crippen LogP contribution in [-0.4, -0.2) is 20.3 Å². The van der Waals surface area contributed by atoms with Gasteiger partial charge in [-0.25, -0.2) is 0 Å². The van der Waals surface area contributed by atoms with Crippen LogP contribution in [0.15, 0.2) is 65.8 Å². The van der Waals surface area contributed by atoms with Crippen molar-refractivity contribution in [2.24, 2.45) is 0 Å². The van der Waals surface area contributed by atoms with E-state index in [1.807, 2.05) is 34.7 Å². The maximum absolute atomic E-state index is 12.4. The maximum atomic E-state index is 12.4. The summed E-state index contributed by atoms with van der Waals surface area (Å²) in [6.07, 6.45) is 5.10. The van der Waals surface area contributed by atoms with Crippen molar-refractivity contribution in [1.29, 1.82) is 0 Å². The molecule has 0 unspecified atom stereocenters. The van der Waals surface area contributed by atoms with Crippen molar-refractivity contribution in [3.8, 4) is 0 Å². The molecule has 0 atom stereocenters. The molecule has 0 aliphatic heterocycles. The molecule has 6 heteroatoms. The number of hydrogen-bond acceptors (Lipinski definition) is 3. The molecule has 4 aromatic rings. The number of aromatic nitrogens is 3. The van der Waals surface area contributed by atoms with E-state index in [1.54, 1.807) is 30.7 Å². The molecular formula is C18H14N4O2. The number of nitrogens with zero attached hydrogens (tertiary/aromatic N) is 2. The van der Waals surface area contributed by atoms with E-state index in [0.29, 0.717) is 23.1 Å². The summed E-state index contributed by atoms with van der Waals surface area (Å²) in [4.78, 5) is 31.2. The van der Waals surface area contributed by atoms with Crippen LogP contribution in [0.3, 0.4) is 0 Å². The number of H-pyrrole nitrogens is 1. The van der Waals surface area contributed by atoms with Crippen LogP contribution < -0.4 is 10.9 Å². The predicted molar refractivity (Wildman–Crippen MR) is 90.9 cm³/mol. The first-order valence-electron chi connectivity index (χ1n) is 7.52. The van der Waals surface area contributed by atoms with Crippen LogP contribution in [0, 0.1) is 0 Å². The molecule has 6 nitrogen and oxygen atoms in total. The fourth-order valence-electron chi connectivity index (χ4n) is 2.73. The molecule has 0 aliphatic carbocycles. The first-order chi connectivity index (χ1) is 11.7. The molecule has 4 rings (SSSR count). The van der Waals surface area contributed by atoms with Crippen molar-refractivity contribution in [3.05, 3.63) is 82.5 Å². The smallest absolute Gasteiger partial charge is 0.258 e. The Kier molecular flexibility index (Phi) is 3.35.